The average Bonchev–Trinajstić information content (AvgIpc) is 3.16. The molecule has 3 rings (SSSR count). The van der Waals surface area contributed by atoms with Crippen molar-refractivity contribution >= 4 is 17.6 Å². The first-order valence-corrected chi connectivity index (χ1v) is 7.27. The van der Waals surface area contributed by atoms with Crippen LogP contribution in [0.25, 0.3) is 0 Å². The van der Waals surface area contributed by atoms with E-state index in [4.69, 9.17) is 4.42 Å². The van der Waals surface area contributed by atoms with Gasteiger partial charge >= 0.3 is 5.97 Å². The molecular formula is C17H16FNO4. The second-order valence-corrected chi connectivity index (χ2v) is 5.44. The molecule has 120 valence electrons. The van der Waals surface area contributed by atoms with Gasteiger partial charge in [-0.05, 0) is 36.8 Å². The first kappa shape index (κ1) is 15.3. The molecule has 5 nitrogen and oxygen atoms in total. The number of hydrogen-bond acceptors (Lipinski definition) is 4. The van der Waals surface area contributed by atoms with E-state index in [0.717, 1.165) is 5.76 Å². The number of halogens is 1. The third-order valence-corrected chi connectivity index (χ3v) is 3.92. The van der Waals surface area contributed by atoms with Crippen LogP contribution >= 0.6 is 0 Å². The molecule has 23 heavy (non-hydrogen) atoms. The first-order valence-electron chi connectivity index (χ1n) is 7.27. The Bertz CT molecular complexity index is 713. The zero-order chi connectivity index (χ0) is 16.4. The molecule has 1 aliphatic rings. The Morgan fingerprint density at radius 2 is 2.17 bits per heavy atom. The smallest absolute Gasteiger partial charge is 0.325 e. The summed E-state index contributed by atoms with van der Waals surface area (Å²) in [5.74, 6) is -0.773. The number of amides is 1. The molecule has 0 radical (unpaired) electrons. The molecule has 2 aromatic rings. The predicted molar refractivity (Wildman–Crippen MR) is 80.3 cm³/mol. The molecule has 1 saturated carbocycles. The lowest BCUT2D eigenvalue weighted by Gasteiger charge is -2.21. The zero-order valence-electron chi connectivity index (χ0n) is 12.6. The van der Waals surface area contributed by atoms with Gasteiger partial charge in [-0.2, -0.15) is 0 Å². The van der Waals surface area contributed by atoms with Gasteiger partial charge in [-0.1, -0.05) is 6.07 Å². The van der Waals surface area contributed by atoms with Crippen LogP contribution in [-0.2, 0) is 14.3 Å². The lowest BCUT2D eigenvalue weighted by molar-refractivity contribution is -0.140. The third kappa shape index (κ3) is 3.26. The van der Waals surface area contributed by atoms with Crippen molar-refractivity contribution in [2.75, 3.05) is 18.6 Å². The van der Waals surface area contributed by atoms with Crippen molar-refractivity contribution in [1.29, 1.82) is 0 Å². The van der Waals surface area contributed by atoms with Gasteiger partial charge in [0.15, 0.2) is 0 Å². The van der Waals surface area contributed by atoms with Crippen molar-refractivity contribution in [2.45, 2.75) is 12.3 Å². The first-order chi connectivity index (χ1) is 11.1. The van der Waals surface area contributed by atoms with Crippen molar-refractivity contribution < 1.29 is 23.1 Å². The number of carbonyl (C=O) groups is 2. The maximum atomic E-state index is 13.5. The summed E-state index contributed by atoms with van der Waals surface area (Å²) in [7, 11) is 1.25. The highest BCUT2D eigenvalue weighted by molar-refractivity contribution is 6.00. The quantitative estimate of drug-likeness (QED) is 0.796. The Morgan fingerprint density at radius 1 is 1.35 bits per heavy atom. The number of furan rings is 1. The summed E-state index contributed by atoms with van der Waals surface area (Å²) >= 11 is 0. The monoisotopic (exact) mass is 317 g/mol. The summed E-state index contributed by atoms with van der Waals surface area (Å²) < 4.78 is 23.4. The van der Waals surface area contributed by atoms with Crippen LogP contribution in [-0.4, -0.2) is 25.5 Å². The highest BCUT2D eigenvalue weighted by atomic mass is 19.1. The Morgan fingerprint density at radius 3 is 2.83 bits per heavy atom. The van der Waals surface area contributed by atoms with Crippen molar-refractivity contribution in [3.05, 3.63) is 54.2 Å². The number of nitrogens with zero attached hydrogens (tertiary/aromatic N) is 1. The molecular weight excluding hydrogens is 301 g/mol. The van der Waals surface area contributed by atoms with Crippen molar-refractivity contribution in [1.82, 2.24) is 0 Å². The number of ether oxygens (including phenoxy) is 1. The standard InChI is InChI=1S/C17H16FNO4/c1-22-16(20)10-19(12-5-2-4-11(18)8-12)17(21)14-9-13(14)15-6-3-7-23-15/h2-8,13-14H,9-10H2,1H3/t13-,14-/m0/s1. The number of rotatable bonds is 5. The van der Waals surface area contributed by atoms with E-state index >= 15 is 0 Å². The van der Waals surface area contributed by atoms with Crippen molar-refractivity contribution in [3.8, 4) is 0 Å². The summed E-state index contributed by atoms with van der Waals surface area (Å²) in [6.45, 7) is -0.250. The van der Waals surface area contributed by atoms with E-state index in [-0.39, 0.29) is 24.3 Å². The van der Waals surface area contributed by atoms with Gasteiger partial charge in [-0.3, -0.25) is 9.59 Å². The second-order valence-electron chi connectivity index (χ2n) is 5.44. The van der Waals surface area contributed by atoms with Gasteiger partial charge in [0, 0.05) is 17.5 Å². The SMILES string of the molecule is COC(=O)CN(C(=O)[C@H]1C[C@@H]1c1ccco1)c1cccc(F)c1. The Kier molecular flexibility index (Phi) is 4.14. The molecule has 1 heterocycles. The number of carbonyl (C=O) groups excluding carboxylic acids is 2. The number of esters is 1. The van der Waals surface area contributed by atoms with Gasteiger partial charge in [0.2, 0.25) is 5.91 Å². The summed E-state index contributed by atoms with van der Waals surface area (Å²) in [6.07, 6.45) is 2.22. The van der Waals surface area contributed by atoms with Gasteiger partial charge in [0.05, 0.1) is 13.4 Å². The average molecular weight is 317 g/mol. The number of hydrogen-bond donors (Lipinski definition) is 0. The molecule has 1 amide bonds. The van der Waals surface area contributed by atoms with E-state index in [1.54, 1.807) is 18.4 Å². The predicted octanol–water partition coefficient (Wildman–Crippen LogP) is 2.73. The molecule has 6 heteroatoms. The molecule has 0 bridgehead atoms. The summed E-state index contributed by atoms with van der Waals surface area (Å²) in [4.78, 5) is 25.6. The lowest BCUT2D eigenvalue weighted by Crippen LogP contribution is -2.37. The van der Waals surface area contributed by atoms with Crippen LogP contribution in [0.1, 0.15) is 18.1 Å². The van der Waals surface area contributed by atoms with Crippen LogP contribution in [0.15, 0.2) is 47.1 Å². The Balaban J connectivity index is 1.81. The van der Waals surface area contributed by atoms with Crippen LogP contribution < -0.4 is 4.90 Å². The fourth-order valence-corrected chi connectivity index (χ4v) is 2.62. The van der Waals surface area contributed by atoms with E-state index in [2.05, 4.69) is 4.74 Å². The minimum Gasteiger partial charge on any atom is -0.469 e. The van der Waals surface area contributed by atoms with Crippen molar-refractivity contribution in [3.63, 3.8) is 0 Å². The molecule has 1 aliphatic carbocycles. The highest BCUT2D eigenvalue weighted by Gasteiger charge is 2.48. The molecule has 0 spiro atoms. The highest BCUT2D eigenvalue weighted by Crippen LogP contribution is 2.49. The van der Waals surface area contributed by atoms with E-state index in [0.29, 0.717) is 12.1 Å². The second kappa shape index (κ2) is 6.24. The van der Waals surface area contributed by atoms with E-state index < -0.39 is 11.8 Å². The van der Waals surface area contributed by atoms with Gasteiger partial charge in [0.1, 0.15) is 18.1 Å². The zero-order valence-corrected chi connectivity index (χ0v) is 12.6. The van der Waals surface area contributed by atoms with Crippen LogP contribution in [0.3, 0.4) is 0 Å². The normalized spacial score (nSPS) is 19.2. The summed E-state index contributed by atoms with van der Waals surface area (Å²) in [5, 5.41) is 0. The number of methoxy groups -OCH3 is 1. The molecule has 1 aromatic heterocycles. The van der Waals surface area contributed by atoms with E-state index in [1.807, 2.05) is 6.07 Å². The fourth-order valence-electron chi connectivity index (χ4n) is 2.62. The number of anilines is 1. The number of benzene rings is 1. The third-order valence-electron chi connectivity index (χ3n) is 3.92. The maximum absolute atomic E-state index is 13.5. The van der Waals surface area contributed by atoms with E-state index in [1.165, 1.54) is 30.2 Å². The molecule has 0 aliphatic heterocycles. The fraction of sp³-hybridized carbons (Fsp3) is 0.294. The summed E-state index contributed by atoms with van der Waals surface area (Å²) in [6, 6.07) is 9.20. The molecule has 0 N–H and O–H groups in total. The largest absolute Gasteiger partial charge is 0.469 e. The topological polar surface area (TPSA) is 59.8 Å². The molecule has 1 fully saturated rings. The van der Waals surface area contributed by atoms with E-state index in [9.17, 15) is 14.0 Å². The Labute approximate surface area is 132 Å². The van der Waals surface area contributed by atoms with Gasteiger partial charge in [0.25, 0.3) is 0 Å². The molecule has 0 saturated heterocycles. The van der Waals surface area contributed by atoms with Crippen LogP contribution in [0, 0.1) is 11.7 Å². The van der Waals surface area contributed by atoms with Crippen LogP contribution in [0.5, 0.6) is 0 Å². The van der Waals surface area contributed by atoms with Crippen LogP contribution in [0.4, 0.5) is 10.1 Å². The van der Waals surface area contributed by atoms with Crippen molar-refractivity contribution in [2.24, 2.45) is 5.92 Å². The molecule has 2 atom stereocenters. The maximum Gasteiger partial charge on any atom is 0.325 e. The van der Waals surface area contributed by atoms with Gasteiger partial charge in [-0.25, -0.2) is 4.39 Å². The molecule has 1 aromatic carbocycles. The minimum absolute atomic E-state index is 0.00575. The molecule has 0 unspecified atom stereocenters. The lowest BCUT2D eigenvalue weighted by atomic mass is 10.2. The Hall–Kier alpha value is -2.63. The van der Waals surface area contributed by atoms with Gasteiger partial charge < -0.3 is 14.1 Å². The minimum atomic E-state index is -0.558. The summed E-state index contributed by atoms with van der Waals surface area (Å²) in [5.41, 5.74) is 0.338. The van der Waals surface area contributed by atoms with Crippen LogP contribution in [0.2, 0.25) is 0 Å². The van der Waals surface area contributed by atoms with Gasteiger partial charge in [-0.15, -0.1) is 0 Å².